The van der Waals surface area contributed by atoms with Gasteiger partial charge in [0.2, 0.25) is 0 Å². The van der Waals surface area contributed by atoms with Crippen LogP contribution in [0.4, 0.5) is 11.4 Å². The molecule has 0 saturated carbocycles. The zero-order valence-corrected chi connectivity index (χ0v) is 10.7. The van der Waals surface area contributed by atoms with Crippen LogP contribution in [0.2, 0.25) is 0 Å². The number of benzene rings is 1. The number of hydrogen-bond donors (Lipinski definition) is 4. The van der Waals surface area contributed by atoms with Crippen molar-refractivity contribution in [1.29, 1.82) is 0 Å². The van der Waals surface area contributed by atoms with E-state index in [0.717, 1.165) is 0 Å². The topological polar surface area (TPSA) is 119 Å². The quantitative estimate of drug-likeness (QED) is 0.462. The lowest BCUT2D eigenvalue weighted by molar-refractivity contribution is -0.154. The summed E-state index contributed by atoms with van der Waals surface area (Å²) in [5.41, 5.74) is 12.4. The molecular weight excluding hydrogens is 260 g/mol. The van der Waals surface area contributed by atoms with Gasteiger partial charge in [0.1, 0.15) is 6.10 Å². The Balaban J connectivity index is 0.00000289. The molecule has 1 aromatic carbocycles. The smallest absolute Gasteiger partial charge is 0.303 e. The number of carbonyl (C=O) groups excluding carboxylic acids is 1. The van der Waals surface area contributed by atoms with Crippen molar-refractivity contribution in [3.63, 3.8) is 0 Å². The van der Waals surface area contributed by atoms with Gasteiger partial charge in [-0.3, -0.25) is 4.79 Å². The molecule has 0 fully saturated rings. The predicted octanol–water partition coefficient (Wildman–Crippen LogP) is 0.230. The number of anilines is 2. The van der Waals surface area contributed by atoms with Crippen LogP contribution in [0, 0.1) is 0 Å². The zero-order valence-electron chi connectivity index (χ0n) is 9.87. The van der Waals surface area contributed by atoms with E-state index in [2.05, 4.69) is 0 Å². The number of aliphatic hydroxyl groups is 2. The van der Waals surface area contributed by atoms with Crippen molar-refractivity contribution in [2.75, 3.05) is 18.1 Å². The molecule has 0 aliphatic carbocycles. The van der Waals surface area contributed by atoms with E-state index in [9.17, 15) is 9.90 Å². The van der Waals surface area contributed by atoms with Crippen molar-refractivity contribution in [2.24, 2.45) is 0 Å². The number of rotatable bonds is 4. The zero-order chi connectivity index (χ0) is 13.0. The van der Waals surface area contributed by atoms with E-state index < -0.39 is 24.8 Å². The van der Waals surface area contributed by atoms with Gasteiger partial charge in [-0.2, -0.15) is 0 Å². The normalized spacial score (nSPS) is 13.3. The fourth-order valence-electron chi connectivity index (χ4n) is 1.53. The van der Waals surface area contributed by atoms with E-state index in [-0.39, 0.29) is 12.4 Å². The molecule has 0 spiro atoms. The Labute approximate surface area is 111 Å². The number of halogens is 1. The number of esters is 1. The van der Waals surface area contributed by atoms with Crippen molar-refractivity contribution in [1.82, 2.24) is 0 Å². The number of aliphatic hydroxyl groups excluding tert-OH is 2. The first-order valence-electron chi connectivity index (χ1n) is 5.07. The van der Waals surface area contributed by atoms with E-state index in [1.54, 1.807) is 18.2 Å². The number of hydrogen-bond acceptors (Lipinski definition) is 6. The number of ether oxygens (including phenoxy) is 1. The van der Waals surface area contributed by atoms with Crippen LogP contribution in [0.5, 0.6) is 0 Å². The molecule has 6 N–H and O–H groups in total. The second kappa shape index (κ2) is 7.05. The summed E-state index contributed by atoms with van der Waals surface area (Å²) < 4.78 is 4.94. The summed E-state index contributed by atoms with van der Waals surface area (Å²) in [6, 6.07) is 4.79. The highest BCUT2D eigenvalue weighted by atomic mass is 35.5. The molecule has 0 bridgehead atoms. The van der Waals surface area contributed by atoms with Crippen LogP contribution in [0.25, 0.3) is 0 Å². The minimum Gasteiger partial charge on any atom is -0.455 e. The third kappa shape index (κ3) is 3.76. The fourth-order valence-corrected chi connectivity index (χ4v) is 1.53. The highest BCUT2D eigenvalue weighted by Gasteiger charge is 2.27. The molecule has 2 atom stereocenters. The van der Waals surface area contributed by atoms with E-state index in [1.807, 2.05) is 0 Å². The Kier molecular flexibility index (Phi) is 6.46. The molecule has 102 valence electrons. The number of carbonyl (C=O) groups is 1. The maximum absolute atomic E-state index is 11.0. The number of nitrogens with two attached hydrogens (primary N) is 2. The van der Waals surface area contributed by atoms with Crippen molar-refractivity contribution in [2.45, 2.75) is 19.1 Å². The van der Waals surface area contributed by atoms with Crippen molar-refractivity contribution >= 4 is 29.8 Å². The third-order valence-corrected chi connectivity index (χ3v) is 2.29. The van der Waals surface area contributed by atoms with Gasteiger partial charge < -0.3 is 26.4 Å². The van der Waals surface area contributed by atoms with Crippen LogP contribution in [0.3, 0.4) is 0 Å². The van der Waals surface area contributed by atoms with Gasteiger partial charge in [0.15, 0.2) is 6.10 Å². The van der Waals surface area contributed by atoms with Crippen LogP contribution in [0.15, 0.2) is 18.2 Å². The lowest BCUT2D eigenvalue weighted by atomic mass is 10.0. The minimum absolute atomic E-state index is 0. The van der Waals surface area contributed by atoms with Gasteiger partial charge in [0, 0.05) is 23.9 Å². The van der Waals surface area contributed by atoms with Crippen LogP contribution in [-0.2, 0) is 9.53 Å². The molecule has 7 heteroatoms. The van der Waals surface area contributed by atoms with Gasteiger partial charge >= 0.3 is 5.97 Å². The molecule has 0 aliphatic heterocycles. The average molecular weight is 277 g/mol. The summed E-state index contributed by atoms with van der Waals surface area (Å²) in [6.07, 6.45) is -2.34. The van der Waals surface area contributed by atoms with Gasteiger partial charge in [-0.25, -0.2) is 0 Å². The van der Waals surface area contributed by atoms with Gasteiger partial charge in [0.05, 0.1) is 6.61 Å². The van der Waals surface area contributed by atoms with Crippen LogP contribution in [0.1, 0.15) is 18.6 Å². The molecule has 18 heavy (non-hydrogen) atoms. The summed E-state index contributed by atoms with van der Waals surface area (Å²) in [6.45, 7) is 0.637. The van der Waals surface area contributed by atoms with Crippen molar-refractivity contribution in [3.05, 3.63) is 23.8 Å². The van der Waals surface area contributed by atoms with E-state index in [0.29, 0.717) is 16.9 Å². The SMILES string of the molecule is CC(=O)OC(c1c(N)cccc1N)C(O)CO.Cl. The van der Waals surface area contributed by atoms with E-state index in [1.165, 1.54) is 6.92 Å². The summed E-state index contributed by atoms with van der Waals surface area (Å²) in [7, 11) is 0. The summed E-state index contributed by atoms with van der Waals surface area (Å²) in [5, 5.41) is 18.6. The van der Waals surface area contributed by atoms with Gasteiger partial charge in [-0.05, 0) is 12.1 Å². The fraction of sp³-hybridized carbons (Fsp3) is 0.364. The Hall–Kier alpha value is -1.50. The van der Waals surface area contributed by atoms with Crippen LogP contribution < -0.4 is 11.5 Å². The molecule has 0 amide bonds. The summed E-state index contributed by atoms with van der Waals surface area (Å²) in [5.74, 6) is -0.592. The maximum atomic E-state index is 11.0. The summed E-state index contributed by atoms with van der Waals surface area (Å²) >= 11 is 0. The first-order valence-corrected chi connectivity index (χ1v) is 5.07. The van der Waals surface area contributed by atoms with Gasteiger partial charge in [0.25, 0.3) is 0 Å². The van der Waals surface area contributed by atoms with E-state index in [4.69, 9.17) is 21.3 Å². The van der Waals surface area contributed by atoms with Crippen LogP contribution >= 0.6 is 12.4 Å². The Morgan fingerprint density at radius 1 is 1.39 bits per heavy atom. The molecule has 1 aromatic rings. The monoisotopic (exact) mass is 276 g/mol. The molecule has 0 aliphatic rings. The van der Waals surface area contributed by atoms with Gasteiger partial charge in [-0.15, -0.1) is 12.4 Å². The molecular formula is C11H17ClN2O4. The second-order valence-corrected chi connectivity index (χ2v) is 3.63. The standard InChI is InChI=1S/C11H16N2O4.ClH/c1-6(15)17-11(9(16)5-14)10-7(12)3-2-4-8(10)13;/h2-4,9,11,14,16H,5,12-13H2,1H3;1H. The largest absolute Gasteiger partial charge is 0.455 e. The Morgan fingerprint density at radius 3 is 2.28 bits per heavy atom. The molecule has 2 unspecified atom stereocenters. The predicted molar refractivity (Wildman–Crippen MR) is 70.1 cm³/mol. The van der Waals surface area contributed by atoms with E-state index >= 15 is 0 Å². The van der Waals surface area contributed by atoms with Crippen molar-refractivity contribution < 1.29 is 19.7 Å². The highest BCUT2D eigenvalue weighted by Crippen LogP contribution is 2.31. The average Bonchev–Trinajstić information content (AvgIpc) is 2.26. The van der Waals surface area contributed by atoms with Gasteiger partial charge in [-0.1, -0.05) is 6.07 Å². The Bertz CT molecular complexity index is 394. The molecule has 0 heterocycles. The second-order valence-electron chi connectivity index (χ2n) is 3.63. The molecule has 0 saturated heterocycles. The minimum atomic E-state index is -1.27. The molecule has 0 radical (unpaired) electrons. The summed E-state index contributed by atoms with van der Waals surface area (Å²) in [4.78, 5) is 11.0. The molecule has 1 rings (SSSR count). The number of nitrogen functional groups attached to an aromatic ring is 2. The van der Waals surface area contributed by atoms with Crippen LogP contribution in [-0.4, -0.2) is 28.9 Å². The lowest BCUT2D eigenvalue weighted by Crippen LogP contribution is -2.27. The maximum Gasteiger partial charge on any atom is 0.303 e. The first-order chi connectivity index (χ1) is 7.97. The molecule has 0 aromatic heterocycles. The molecule has 6 nitrogen and oxygen atoms in total. The highest BCUT2D eigenvalue weighted by molar-refractivity contribution is 5.85. The first kappa shape index (κ1) is 16.5. The lowest BCUT2D eigenvalue weighted by Gasteiger charge is -2.24. The Morgan fingerprint density at radius 2 is 1.89 bits per heavy atom. The van der Waals surface area contributed by atoms with Crippen molar-refractivity contribution in [3.8, 4) is 0 Å². The third-order valence-electron chi connectivity index (χ3n) is 2.29.